The zero-order valence-corrected chi connectivity index (χ0v) is 14.1. The van der Waals surface area contributed by atoms with Gasteiger partial charge in [0, 0.05) is 30.9 Å². The molecule has 1 heterocycles. The van der Waals surface area contributed by atoms with Gasteiger partial charge in [0.1, 0.15) is 0 Å². The van der Waals surface area contributed by atoms with E-state index in [0.717, 1.165) is 39.0 Å². The van der Waals surface area contributed by atoms with Crippen molar-refractivity contribution in [2.75, 3.05) is 25.0 Å². The van der Waals surface area contributed by atoms with Gasteiger partial charge in [0.05, 0.1) is 6.10 Å². The minimum absolute atomic E-state index is 0.0633. The molecule has 2 amide bonds. The van der Waals surface area contributed by atoms with Crippen molar-refractivity contribution in [1.29, 1.82) is 0 Å². The van der Waals surface area contributed by atoms with E-state index < -0.39 is 0 Å². The van der Waals surface area contributed by atoms with Gasteiger partial charge in [-0.2, -0.15) is 0 Å². The van der Waals surface area contributed by atoms with Gasteiger partial charge >= 0.3 is 0 Å². The third-order valence-electron chi connectivity index (χ3n) is 5.03. The second-order valence-corrected chi connectivity index (χ2v) is 6.73. The highest BCUT2D eigenvalue weighted by atomic mass is 16.5. The Balaban J connectivity index is 1.57. The Labute approximate surface area is 142 Å². The summed E-state index contributed by atoms with van der Waals surface area (Å²) in [5.41, 5.74) is 1.59. The SMILES string of the molecule is C=CC(=O)Nc1ccc(C(=O)N2CCC3(CC(OCC)C3)C2)cc1. The first kappa shape index (κ1) is 16.7. The molecule has 1 aromatic rings. The van der Waals surface area contributed by atoms with Crippen LogP contribution in [0, 0.1) is 5.41 Å². The predicted octanol–water partition coefficient (Wildman–Crippen LogP) is 2.84. The molecule has 5 heteroatoms. The van der Waals surface area contributed by atoms with Gasteiger partial charge in [-0.05, 0) is 61.9 Å². The summed E-state index contributed by atoms with van der Waals surface area (Å²) in [6, 6.07) is 7.01. The van der Waals surface area contributed by atoms with Crippen LogP contribution in [0.15, 0.2) is 36.9 Å². The topological polar surface area (TPSA) is 58.6 Å². The van der Waals surface area contributed by atoms with Crippen LogP contribution in [0.5, 0.6) is 0 Å². The highest BCUT2D eigenvalue weighted by Crippen LogP contribution is 2.49. The second-order valence-electron chi connectivity index (χ2n) is 6.73. The quantitative estimate of drug-likeness (QED) is 0.846. The number of carbonyl (C=O) groups excluding carboxylic acids is 2. The lowest BCUT2D eigenvalue weighted by Crippen LogP contribution is -2.45. The van der Waals surface area contributed by atoms with Crippen LogP contribution < -0.4 is 5.32 Å². The van der Waals surface area contributed by atoms with Crippen LogP contribution >= 0.6 is 0 Å². The largest absolute Gasteiger partial charge is 0.378 e. The predicted molar refractivity (Wildman–Crippen MR) is 92.9 cm³/mol. The molecule has 1 aliphatic heterocycles. The van der Waals surface area contributed by atoms with Crippen LogP contribution in [-0.4, -0.2) is 42.5 Å². The second kappa shape index (κ2) is 6.77. The van der Waals surface area contributed by atoms with Crippen molar-refractivity contribution in [2.24, 2.45) is 5.41 Å². The average Bonchev–Trinajstić information content (AvgIpc) is 3.00. The third-order valence-corrected chi connectivity index (χ3v) is 5.03. The van der Waals surface area contributed by atoms with Gasteiger partial charge in [0.15, 0.2) is 0 Å². The number of rotatable bonds is 5. The molecule has 3 rings (SSSR count). The molecule has 1 aromatic carbocycles. The van der Waals surface area contributed by atoms with Crippen LogP contribution in [0.4, 0.5) is 5.69 Å². The smallest absolute Gasteiger partial charge is 0.253 e. The molecule has 24 heavy (non-hydrogen) atoms. The Morgan fingerprint density at radius 3 is 2.71 bits per heavy atom. The van der Waals surface area contributed by atoms with Gasteiger partial charge in [-0.1, -0.05) is 6.58 Å². The average molecular weight is 328 g/mol. The first-order chi connectivity index (χ1) is 11.5. The Kier molecular flexibility index (Phi) is 4.71. The van der Waals surface area contributed by atoms with Gasteiger partial charge in [-0.3, -0.25) is 9.59 Å². The number of nitrogens with zero attached hydrogens (tertiary/aromatic N) is 1. The van der Waals surface area contributed by atoms with Crippen LogP contribution in [0.3, 0.4) is 0 Å². The summed E-state index contributed by atoms with van der Waals surface area (Å²) in [6.07, 6.45) is 4.79. The lowest BCUT2D eigenvalue weighted by Gasteiger charge is -2.44. The lowest BCUT2D eigenvalue weighted by molar-refractivity contribution is -0.111. The maximum absolute atomic E-state index is 12.7. The van der Waals surface area contributed by atoms with Gasteiger partial charge in [0.2, 0.25) is 5.91 Å². The standard InChI is InChI=1S/C19H24N2O3/c1-3-17(22)20-15-7-5-14(6-8-15)18(23)21-10-9-19(13-21)11-16(12-19)24-4-2/h3,5-8,16H,1,4,9-13H2,2H3,(H,20,22). The van der Waals surface area contributed by atoms with Crippen LogP contribution in [0.1, 0.15) is 36.5 Å². The summed E-state index contributed by atoms with van der Waals surface area (Å²) in [4.78, 5) is 25.9. The van der Waals surface area contributed by atoms with Gasteiger partial charge in [-0.15, -0.1) is 0 Å². The summed E-state index contributed by atoms with van der Waals surface area (Å²) in [5.74, 6) is -0.197. The highest BCUT2D eigenvalue weighted by Gasteiger charge is 2.49. The van der Waals surface area contributed by atoms with E-state index in [1.807, 2.05) is 11.8 Å². The monoisotopic (exact) mass is 328 g/mol. The van der Waals surface area contributed by atoms with Crippen molar-refractivity contribution in [3.8, 4) is 0 Å². The molecular weight excluding hydrogens is 304 g/mol. The summed E-state index contributed by atoms with van der Waals surface area (Å²) in [7, 11) is 0. The summed E-state index contributed by atoms with van der Waals surface area (Å²) in [5, 5.41) is 2.68. The zero-order chi connectivity index (χ0) is 17.2. The fourth-order valence-corrected chi connectivity index (χ4v) is 3.77. The fourth-order valence-electron chi connectivity index (χ4n) is 3.77. The van der Waals surface area contributed by atoms with E-state index in [-0.39, 0.29) is 17.2 Å². The van der Waals surface area contributed by atoms with Gasteiger partial charge in [0.25, 0.3) is 5.91 Å². The molecule has 2 fully saturated rings. The van der Waals surface area contributed by atoms with Crippen molar-refractivity contribution >= 4 is 17.5 Å². The highest BCUT2D eigenvalue weighted by molar-refractivity contribution is 5.99. The number of anilines is 1. The fraction of sp³-hybridized carbons (Fsp3) is 0.474. The van der Waals surface area contributed by atoms with Crippen molar-refractivity contribution in [3.63, 3.8) is 0 Å². The summed E-state index contributed by atoms with van der Waals surface area (Å²) < 4.78 is 5.65. The molecule has 0 bridgehead atoms. The Morgan fingerprint density at radius 2 is 2.08 bits per heavy atom. The van der Waals surface area contributed by atoms with Crippen LogP contribution in [-0.2, 0) is 9.53 Å². The molecule has 0 atom stereocenters. The summed E-state index contributed by atoms with van der Waals surface area (Å²) in [6.45, 7) is 7.84. The minimum Gasteiger partial charge on any atom is -0.378 e. The lowest BCUT2D eigenvalue weighted by atomic mass is 9.66. The van der Waals surface area contributed by atoms with E-state index >= 15 is 0 Å². The molecule has 1 saturated carbocycles. The number of amides is 2. The Morgan fingerprint density at radius 1 is 1.38 bits per heavy atom. The number of hydrogen-bond donors (Lipinski definition) is 1. The number of hydrogen-bond acceptors (Lipinski definition) is 3. The Hall–Kier alpha value is -2.14. The molecule has 128 valence electrons. The third kappa shape index (κ3) is 3.36. The number of nitrogens with one attached hydrogen (secondary N) is 1. The first-order valence-electron chi connectivity index (χ1n) is 8.49. The van der Waals surface area contributed by atoms with Gasteiger partial charge in [-0.25, -0.2) is 0 Å². The van der Waals surface area contributed by atoms with Gasteiger partial charge < -0.3 is 15.0 Å². The number of ether oxygens (including phenoxy) is 1. The number of carbonyl (C=O) groups is 2. The molecule has 1 spiro atoms. The van der Waals surface area contributed by atoms with E-state index in [1.165, 1.54) is 6.08 Å². The zero-order valence-electron chi connectivity index (χ0n) is 14.1. The van der Waals surface area contributed by atoms with Crippen LogP contribution in [0.2, 0.25) is 0 Å². The van der Waals surface area contributed by atoms with Crippen LogP contribution in [0.25, 0.3) is 0 Å². The Bertz CT molecular complexity index is 633. The molecule has 0 aromatic heterocycles. The maximum atomic E-state index is 12.7. The molecule has 1 aliphatic carbocycles. The van der Waals surface area contributed by atoms with E-state index in [9.17, 15) is 9.59 Å². The number of benzene rings is 1. The molecule has 1 N–H and O–H groups in total. The van der Waals surface area contributed by atoms with E-state index in [0.29, 0.717) is 17.4 Å². The van der Waals surface area contributed by atoms with E-state index in [1.54, 1.807) is 24.3 Å². The molecule has 0 unspecified atom stereocenters. The minimum atomic E-state index is -0.260. The normalized spacial score (nSPS) is 25.4. The van der Waals surface area contributed by atoms with E-state index in [4.69, 9.17) is 4.74 Å². The molecule has 0 radical (unpaired) electrons. The summed E-state index contributed by atoms with van der Waals surface area (Å²) >= 11 is 0. The molecule has 5 nitrogen and oxygen atoms in total. The first-order valence-corrected chi connectivity index (χ1v) is 8.49. The molecule has 2 aliphatic rings. The molecule has 1 saturated heterocycles. The maximum Gasteiger partial charge on any atom is 0.253 e. The van der Waals surface area contributed by atoms with Crippen molar-refractivity contribution in [3.05, 3.63) is 42.5 Å². The molecular formula is C19H24N2O3. The number of likely N-dealkylation sites (tertiary alicyclic amines) is 1. The van der Waals surface area contributed by atoms with Crippen molar-refractivity contribution in [1.82, 2.24) is 4.90 Å². The van der Waals surface area contributed by atoms with Crippen molar-refractivity contribution in [2.45, 2.75) is 32.3 Å². The van der Waals surface area contributed by atoms with E-state index in [2.05, 4.69) is 11.9 Å². The van der Waals surface area contributed by atoms with Crippen molar-refractivity contribution < 1.29 is 14.3 Å².